The minimum absolute atomic E-state index is 0.0253. The number of carbonyl (C=O) groups is 1. The van der Waals surface area contributed by atoms with Crippen molar-refractivity contribution in [2.45, 2.75) is 64.3 Å². The molecule has 0 bridgehead atoms. The number of fused-ring (bicyclic) bond motifs is 1. The van der Waals surface area contributed by atoms with Gasteiger partial charge in [0.05, 0.1) is 24.2 Å². The number of likely N-dealkylation sites (tertiary alicyclic amines) is 1. The lowest BCUT2D eigenvalue weighted by atomic mass is 10.0. The highest BCUT2D eigenvalue weighted by Crippen LogP contribution is 2.37. The summed E-state index contributed by atoms with van der Waals surface area (Å²) in [6, 6.07) is 7.56. The van der Waals surface area contributed by atoms with Crippen LogP contribution in [0.15, 0.2) is 30.9 Å². The van der Waals surface area contributed by atoms with Crippen LogP contribution in [0.5, 0.6) is 6.01 Å². The van der Waals surface area contributed by atoms with Crippen LogP contribution in [-0.4, -0.2) is 82.5 Å². The normalized spacial score (nSPS) is 22.2. The van der Waals surface area contributed by atoms with Gasteiger partial charge in [-0.05, 0) is 69.6 Å². The van der Waals surface area contributed by atoms with Crippen molar-refractivity contribution in [3.8, 4) is 12.1 Å². The van der Waals surface area contributed by atoms with Gasteiger partial charge < -0.3 is 19.4 Å². The SMILES string of the molecule is C=CC(=O)N1CCN(c2nc(OC[C@@H]3CCCN3C)nc3c2CN(C(C)c2cc(F)ccc2C)C3)C[C@@H]1CC#N. The van der Waals surface area contributed by atoms with E-state index in [0.29, 0.717) is 51.4 Å². The first-order chi connectivity index (χ1) is 19.3. The Morgan fingerprint density at radius 3 is 2.83 bits per heavy atom. The zero-order valence-electron chi connectivity index (χ0n) is 23.6. The zero-order valence-corrected chi connectivity index (χ0v) is 23.6. The Kier molecular flexibility index (Phi) is 8.33. The maximum atomic E-state index is 14.1. The predicted octanol–water partition coefficient (Wildman–Crippen LogP) is 3.59. The van der Waals surface area contributed by atoms with Gasteiger partial charge in [0.15, 0.2) is 0 Å². The molecule has 3 aliphatic rings. The van der Waals surface area contributed by atoms with Crippen LogP contribution in [0.3, 0.4) is 0 Å². The topological polar surface area (TPSA) is 88.8 Å². The number of rotatable bonds is 8. The third-order valence-corrected chi connectivity index (χ3v) is 8.65. The highest BCUT2D eigenvalue weighted by atomic mass is 19.1. The molecule has 0 N–H and O–H groups in total. The second-order valence-corrected chi connectivity index (χ2v) is 11.1. The summed E-state index contributed by atoms with van der Waals surface area (Å²) < 4.78 is 20.3. The second-order valence-electron chi connectivity index (χ2n) is 11.1. The summed E-state index contributed by atoms with van der Waals surface area (Å²) in [4.78, 5) is 30.7. The summed E-state index contributed by atoms with van der Waals surface area (Å²) in [7, 11) is 2.11. The molecule has 1 aromatic carbocycles. The second kappa shape index (κ2) is 11.9. The van der Waals surface area contributed by atoms with Crippen molar-refractivity contribution in [3.63, 3.8) is 0 Å². The lowest BCUT2D eigenvalue weighted by Crippen LogP contribution is -2.55. The van der Waals surface area contributed by atoms with Gasteiger partial charge in [-0.2, -0.15) is 15.2 Å². The molecule has 2 aromatic rings. The number of piperazine rings is 1. The lowest BCUT2D eigenvalue weighted by Gasteiger charge is -2.41. The summed E-state index contributed by atoms with van der Waals surface area (Å²) in [5, 5.41) is 9.47. The first kappa shape index (κ1) is 28.0. The molecule has 0 radical (unpaired) electrons. The van der Waals surface area contributed by atoms with Gasteiger partial charge in [-0.25, -0.2) is 4.39 Å². The Hall–Kier alpha value is -3.55. The van der Waals surface area contributed by atoms with Gasteiger partial charge >= 0.3 is 6.01 Å². The van der Waals surface area contributed by atoms with Crippen LogP contribution in [0.1, 0.15) is 54.6 Å². The first-order valence-corrected chi connectivity index (χ1v) is 14.1. The van der Waals surface area contributed by atoms with E-state index in [1.165, 1.54) is 12.1 Å². The highest BCUT2D eigenvalue weighted by Gasteiger charge is 2.35. The number of hydrogen-bond acceptors (Lipinski definition) is 8. The Balaban J connectivity index is 1.44. The van der Waals surface area contributed by atoms with E-state index in [9.17, 15) is 14.4 Å². The van der Waals surface area contributed by atoms with E-state index < -0.39 is 0 Å². The number of aryl methyl sites for hydroxylation is 1. The molecule has 0 spiro atoms. The first-order valence-electron chi connectivity index (χ1n) is 14.1. The Labute approximate surface area is 235 Å². The number of aromatic nitrogens is 2. The van der Waals surface area contributed by atoms with Gasteiger partial charge in [-0.15, -0.1) is 0 Å². The largest absolute Gasteiger partial charge is 0.462 e. The number of anilines is 1. The standard InChI is InChI=1S/C30H38FN7O2/c1-5-28(39)38-14-13-36(16-23(38)10-11-32)29-26-17-37(21(3)25-15-22(31)9-8-20(25)2)18-27(26)33-30(34-29)40-19-24-7-6-12-35(24)4/h5,8-9,15,21,23-24H,1,6-7,10,12-14,16-19H2,2-4H3/t21?,23-,24-/m0/s1. The van der Waals surface area contributed by atoms with Crippen LogP contribution in [0, 0.1) is 24.1 Å². The average Bonchev–Trinajstić information content (AvgIpc) is 3.57. The van der Waals surface area contributed by atoms with Crippen LogP contribution in [0.2, 0.25) is 0 Å². The molecule has 3 atom stereocenters. The molecule has 1 unspecified atom stereocenters. The lowest BCUT2D eigenvalue weighted by molar-refractivity contribution is -0.128. The monoisotopic (exact) mass is 547 g/mol. The predicted molar refractivity (Wildman–Crippen MR) is 150 cm³/mol. The van der Waals surface area contributed by atoms with Crippen LogP contribution < -0.4 is 9.64 Å². The molecular formula is C30H38FN7O2. The van der Waals surface area contributed by atoms with E-state index in [0.717, 1.165) is 47.6 Å². The Morgan fingerprint density at radius 2 is 2.10 bits per heavy atom. The van der Waals surface area contributed by atoms with Crippen LogP contribution in [0.4, 0.5) is 10.2 Å². The molecule has 5 rings (SSSR count). The number of benzene rings is 1. The van der Waals surface area contributed by atoms with E-state index in [2.05, 4.69) is 41.3 Å². The Bertz CT molecular complexity index is 1310. The molecule has 0 aliphatic carbocycles. The molecule has 4 heterocycles. The fourth-order valence-electron chi connectivity index (χ4n) is 6.19. The molecule has 212 valence electrons. The highest BCUT2D eigenvalue weighted by molar-refractivity contribution is 5.87. The van der Waals surface area contributed by atoms with Crippen molar-refractivity contribution < 1.29 is 13.9 Å². The van der Waals surface area contributed by atoms with Crippen molar-refractivity contribution in [2.75, 3.05) is 44.7 Å². The maximum Gasteiger partial charge on any atom is 0.318 e. The van der Waals surface area contributed by atoms with E-state index >= 15 is 0 Å². The molecule has 10 heteroatoms. The number of ether oxygens (including phenoxy) is 1. The van der Waals surface area contributed by atoms with Crippen molar-refractivity contribution in [2.24, 2.45) is 0 Å². The Morgan fingerprint density at radius 1 is 1.27 bits per heavy atom. The molecular weight excluding hydrogens is 509 g/mol. The molecule has 1 aromatic heterocycles. The molecule has 0 saturated carbocycles. The minimum atomic E-state index is -0.266. The molecule has 2 saturated heterocycles. The van der Waals surface area contributed by atoms with E-state index in [1.54, 1.807) is 11.0 Å². The van der Waals surface area contributed by atoms with Crippen LogP contribution in [0.25, 0.3) is 0 Å². The van der Waals surface area contributed by atoms with Crippen LogP contribution in [-0.2, 0) is 17.9 Å². The van der Waals surface area contributed by atoms with E-state index in [1.807, 2.05) is 13.0 Å². The van der Waals surface area contributed by atoms with Crippen molar-refractivity contribution >= 4 is 11.7 Å². The fraction of sp³-hybridized carbons (Fsp3) is 0.533. The number of amides is 1. The fourth-order valence-corrected chi connectivity index (χ4v) is 6.19. The van der Waals surface area contributed by atoms with Gasteiger partial charge in [0, 0.05) is 50.4 Å². The summed E-state index contributed by atoms with van der Waals surface area (Å²) in [5.74, 6) is 0.384. The van der Waals surface area contributed by atoms with Gasteiger partial charge in [-0.1, -0.05) is 12.6 Å². The number of carbonyl (C=O) groups excluding carboxylic acids is 1. The van der Waals surface area contributed by atoms with Gasteiger partial charge in [-0.3, -0.25) is 9.69 Å². The quantitative estimate of drug-likeness (QED) is 0.464. The molecule has 1 amide bonds. The molecule has 40 heavy (non-hydrogen) atoms. The molecule has 3 aliphatic heterocycles. The number of nitrogens with zero attached hydrogens (tertiary/aromatic N) is 7. The number of hydrogen-bond donors (Lipinski definition) is 0. The summed E-state index contributed by atoms with van der Waals surface area (Å²) in [6.07, 6.45) is 3.77. The molecule has 9 nitrogen and oxygen atoms in total. The molecule has 2 fully saturated rings. The van der Waals surface area contributed by atoms with Crippen LogP contribution >= 0.6 is 0 Å². The number of nitriles is 1. The minimum Gasteiger partial charge on any atom is -0.462 e. The third-order valence-electron chi connectivity index (χ3n) is 8.65. The summed E-state index contributed by atoms with van der Waals surface area (Å²) >= 11 is 0. The summed E-state index contributed by atoms with van der Waals surface area (Å²) in [5.41, 5.74) is 3.92. The van der Waals surface area contributed by atoms with Crippen molar-refractivity contribution in [3.05, 3.63) is 59.1 Å². The average molecular weight is 548 g/mol. The zero-order chi connectivity index (χ0) is 28.4. The van der Waals surface area contributed by atoms with E-state index in [-0.39, 0.29) is 30.2 Å². The third kappa shape index (κ3) is 5.67. The van der Waals surface area contributed by atoms with Crippen molar-refractivity contribution in [1.29, 1.82) is 5.26 Å². The van der Waals surface area contributed by atoms with Gasteiger partial charge in [0.1, 0.15) is 18.2 Å². The number of likely N-dealkylation sites (N-methyl/N-ethyl adjacent to an activating group) is 1. The van der Waals surface area contributed by atoms with Gasteiger partial charge in [0.2, 0.25) is 5.91 Å². The summed E-state index contributed by atoms with van der Waals surface area (Å²) in [6.45, 7) is 12.1. The maximum absolute atomic E-state index is 14.1. The van der Waals surface area contributed by atoms with E-state index in [4.69, 9.17) is 14.7 Å². The smallest absolute Gasteiger partial charge is 0.318 e. The number of halogens is 1. The van der Waals surface area contributed by atoms with Crippen molar-refractivity contribution in [1.82, 2.24) is 24.7 Å². The van der Waals surface area contributed by atoms with Gasteiger partial charge in [0.25, 0.3) is 0 Å².